The summed E-state index contributed by atoms with van der Waals surface area (Å²) in [5.41, 5.74) is 2.13. The first-order chi connectivity index (χ1) is 11.2. The van der Waals surface area contributed by atoms with Crippen molar-refractivity contribution in [2.45, 2.75) is 13.5 Å². The van der Waals surface area contributed by atoms with Crippen molar-refractivity contribution in [1.29, 1.82) is 0 Å². The largest absolute Gasteiger partial charge is 0.489 e. The molecule has 0 unspecified atom stereocenters. The molecule has 23 heavy (non-hydrogen) atoms. The first-order valence-corrected chi connectivity index (χ1v) is 7.61. The van der Waals surface area contributed by atoms with Crippen LogP contribution in [0.15, 0.2) is 54.7 Å². The second-order valence-electron chi connectivity index (χ2n) is 4.67. The van der Waals surface area contributed by atoms with Gasteiger partial charge in [-0.1, -0.05) is 41.9 Å². The van der Waals surface area contributed by atoms with Crippen molar-refractivity contribution in [2.75, 3.05) is 6.61 Å². The summed E-state index contributed by atoms with van der Waals surface area (Å²) < 4.78 is 9.90. The van der Waals surface area contributed by atoms with Gasteiger partial charge < -0.3 is 14.5 Å². The van der Waals surface area contributed by atoms with Gasteiger partial charge in [-0.3, -0.25) is 4.79 Å². The third-order valence-corrected chi connectivity index (χ3v) is 3.39. The lowest BCUT2D eigenvalue weighted by Gasteiger charge is -2.07. The van der Waals surface area contributed by atoms with Gasteiger partial charge in [0, 0.05) is 17.6 Å². The summed E-state index contributed by atoms with van der Waals surface area (Å²) in [5, 5.41) is 1.72. The van der Waals surface area contributed by atoms with Crippen LogP contribution in [0.25, 0.3) is 10.9 Å². The Bertz CT molecular complexity index is 740. The summed E-state index contributed by atoms with van der Waals surface area (Å²) in [6.07, 6.45) is 1.87. The molecule has 5 heteroatoms. The molecule has 120 valence electrons. The number of rotatable bonds is 5. The van der Waals surface area contributed by atoms with Gasteiger partial charge in [0.25, 0.3) is 6.47 Å². The Hall–Kier alpha value is -2.46. The van der Waals surface area contributed by atoms with Crippen LogP contribution in [-0.2, 0) is 16.1 Å². The van der Waals surface area contributed by atoms with Gasteiger partial charge in [0.2, 0.25) is 0 Å². The van der Waals surface area contributed by atoms with E-state index in [2.05, 4.69) is 9.72 Å². The second kappa shape index (κ2) is 8.86. The zero-order valence-electron chi connectivity index (χ0n) is 12.8. The third-order valence-electron chi connectivity index (χ3n) is 3.07. The predicted octanol–water partition coefficient (Wildman–Crippen LogP) is 4.58. The first kappa shape index (κ1) is 16.9. The van der Waals surface area contributed by atoms with Crippen LogP contribution < -0.4 is 4.74 Å². The number of benzene rings is 2. The van der Waals surface area contributed by atoms with Crippen LogP contribution >= 0.6 is 11.6 Å². The molecule has 0 atom stereocenters. The highest BCUT2D eigenvalue weighted by atomic mass is 35.5. The molecule has 4 nitrogen and oxygen atoms in total. The maximum Gasteiger partial charge on any atom is 0.293 e. The van der Waals surface area contributed by atoms with E-state index < -0.39 is 0 Å². The minimum Gasteiger partial charge on any atom is -0.489 e. The third kappa shape index (κ3) is 5.04. The molecule has 3 rings (SSSR count). The van der Waals surface area contributed by atoms with E-state index in [1.165, 1.54) is 0 Å². The molecule has 0 amide bonds. The lowest BCUT2D eigenvalue weighted by Crippen LogP contribution is -1.94. The SMILES string of the molecule is CCOC=O.Clc1cc(OCc2ccccc2)cc2[nH]ccc12. The molecule has 0 fully saturated rings. The summed E-state index contributed by atoms with van der Waals surface area (Å²) in [6, 6.07) is 15.8. The number of hydrogen-bond acceptors (Lipinski definition) is 3. The normalized spacial score (nSPS) is 9.83. The Labute approximate surface area is 140 Å². The maximum atomic E-state index is 9.18. The number of aromatic nitrogens is 1. The van der Waals surface area contributed by atoms with Crippen molar-refractivity contribution < 1.29 is 14.3 Å². The van der Waals surface area contributed by atoms with Gasteiger partial charge in [0.15, 0.2) is 0 Å². The van der Waals surface area contributed by atoms with Gasteiger partial charge in [-0.15, -0.1) is 0 Å². The summed E-state index contributed by atoms with van der Waals surface area (Å²) in [5.74, 6) is 0.777. The van der Waals surface area contributed by atoms with E-state index in [4.69, 9.17) is 16.3 Å². The fourth-order valence-electron chi connectivity index (χ4n) is 1.99. The van der Waals surface area contributed by atoms with E-state index >= 15 is 0 Å². The molecule has 1 N–H and O–H groups in total. The highest BCUT2D eigenvalue weighted by Gasteiger charge is 2.04. The summed E-state index contributed by atoms with van der Waals surface area (Å²) in [4.78, 5) is 12.3. The van der Waals surface area contributed by atoms with E-state index in [-0.39, 0.29) is 0 Å². The van der Waals surface area contributed by atoms with Crippen LogP contribution in [0.1, 0.15) is 12.5 Å². The number of halogens is 1. The standard InChI is InChI=1S/C15H12ClNO.C3H6O2/c16-14-8-12(9-15-13(14)6-7-17-15)18-10-11-4-2-1-3-5-11;1-2-5-3-4/h1-9,17H,10H2;3H,2H2,1H3. The molecule has 0 aliphatic rings. The molecule has 0 spiro atoms. The van der Waals surface area contributed by atoms with E-state index in [1.54, 1.807) is 6.92 Å². The molecule has 3 aromatic rings. The van der Waals surface area contributed by atoms with Crippen molar-refractivity contribution in [3.8, 4) is 5.75 Å². The molecule has 0 saturated carbocycles. The minimum atomic E-state index is 0.431. The smallest absolute Gasteiger partial charge is 0.293 e. The van der Waals surface area contributed by atoms with Crippen molar-refractivity contribution in [3.63, 3.8) is 0 Å². The minimum absolute atomic E-state index is 0.431. The number of nitrogens with one attached hydrogen (secondary N) is 1. The number of carbonyl (C=O) groups is 1. The first-order valence-electron chi connectivity index (χ1n) is 7.23. The molecule has 2 aromatic carbocycles. The molecule has 0 aliphatic heterocycles. The Morgan fingerprint density at radius 2 is 1.96 bits per heavy atom. The van der Waals surface area contributed by atoms with Crippen LogP contribution in [0.5, 0.6) is 5.75 Å². The van der Waals surface area contributed by atoms with Gasteiger partial charge in [0.1, 0.15) is 12.4 Å². The van der Waals surface area contributed by atoms with Crippen LogP contribution in [-0.4, -0.2) is 18.1 Å². The highest BCUT2D eigenvalue weighted by Crippen LogP contribution is 2.28. The van der Waals surface area contributed by atoms with Crippen molar-refractivity contribution in [2.24, 2.45) is 0 Å². The number of H-pyrrole nitrogens is 1. The van der Waals surface area contributed by atoms with E-state index in [0.29, 0.717) is 24.7 Å². The fraction of sp³-hybridized carbons (Fsp3) is 0.167. The lowest BCUT2D eigenvalue weighted by molar-refractivity contribution is -0.128. The Kier molecular flexibility index (Phi) is 6.51. The van der Waals surface area contributed by atoms with Gasteiger partial charge in [-0.05, 0) is 24.6 Å². The van der Waals surface area contributed by atoms with E-state index in [9.17, 15) is 4.79 Å². The molecule has 0 saturated heterocycles. The molecule has 0 bridgehead atoms. The monoisotopic (exact) mass is 331 g/mol. The average molecular weight is 332 g/mol. The summed E-state index contributed by atoms with van der Waals surface area (Å²) in [6.45, 7) is 3.21. The maximum absolute atomic E-state index is 9.18. The van der Waals surface area contributed by atoms with Gasteiger partial charge >= 0.3 is 0 Å². The molecule has 1 aromatic heterocycles. The number of aromatic amines is 1. The molecule has 0 aliphatic carbocycles. The highest BCUT2D eigenvalue weighted by molar-refractivity contribution is 6.35. The number of hydrogen-bond donors (Lipinski definition) is 1. The Morgan fingerprint density at radius 3 is 2.61 bits per heavy atom. The summed E-state index contributed by atoms with van der Waals surface area (Å²) >= 11 is 6.19. The van der Waals surface area contributed by atoms with Crippen LogP contribution in [0.2, 0.25) is 5.02 Å². The Morgan fingerprint density at radius 1 is 1.17 bits per heavy atom. The van der Waals surface area contributed by atoms with Crippen LogP contribution in [0.4, 0.5) is 0 Å². The fourth-order valence-corrected chi connectivity index (χ4v) is 2.26. The predicted molar refractivity (Wildman–Crippen MR) is 91.8 cm³/mol. The zero-order chi connectivity index (χ0) is 16.5. The number of fused-ring (bicyclic) bond motifs is 1. The molecular weight excluding hydrogens is 314 g/mol. The van der Waals surface area contributed by atoms with Crippen LogP contribution in [0.3, 0.4) is 0 Å². The van der Waals surface area contributed by atoms with Crippen molar-refractivity contribution in [1.82, 2.24) is 4.98 Å². The number of ether oxygens (including phenoxy) is 2. The van der Waals surface area contributed by atoms with Crippen LogP contribution in [0, 0.1) is 0 Å². The van der Waals surface area contributed by atoms with Crippen molar-refractivity contribution in [3.05, 3.63) is 65.3 Å². The van der Waals surface area contributed by atoms with Gasteiger partial charge in [0.05, 0.1) is 17.1 Å². The molecule has 1 heterocycles. The molecule has 0 radical (unpaired) electrons. The average Bonchev–Trinajstić information content (AvgIpc) is 3.04. The summed E-state index contributed by atoms with van der Waals surface area (Å²) in [7, 11) is 0. The van der Waals surface area contributed by atoms with E-state index in [1.807, 2.05) is 54.7 Å². The number of carbonyl (C=O) groups excluding carboxylic acids is 1. The lowest BCUT2D eigenvalue weighted by atomic mass is 10.2. The van der Waals surface area contributed by atoms with E-state index in [0.717, 1.165) is 22.2 Å². The van der Waals surface area contributed by atoms with Gasteiger partial charge in [-0.25, -0.2) is 0 Å². The quantitative estimate of drug-likeness (QED) is 0.696. The Balaban J connectivity index is 0.000000338. The van der Waals surface area contributed by atoms with Gasteiger partial charge in [-0.2, -0.15) is 0 Å². The zero-order valence-corrected chi connectivity index (χ0v) is 13.5. The topological polar surface area (TPSA) is 51.3 Å². The van der Waals surface area contributed by atoms with Crippen molar-refractivity contribution >= 4 is 29.0 Å². The molecular formula is C18H18ClNO3. The second-order valence-corrected chi connectivity index (χ2v) is 5.08.